The molecule has 0 fully saturated rings. The zero-order chi connectivity index (χ0) is 17.1. The number of carbonyl (C=O) groups excluding carboxylic acids is 1. The summed E-state index contributed by atoms with van der Waals surface area (Å²) in [5, 5.41) is 3.03. The summed E-state index contributed by atoms with van der Waals surface area (Å²) >= 11 is 3.45. The van der Waals surface area contributed by atoms with Gasteiger partial charge in [0.2, 0.25) is 5.91 Å². The first-order valence-corrected chi connectivity index (χ1v) is 9.18. The van der Waals surface area contributed by atoms with E-state index in [1.165, 1.54) is 17.5 Å². The molecule has 0 unspecified atom stereocenters. The van der Waals surface area contributed by atoms with Gasteiger partial charge < -0.3 is 5.32 Å². The van der Waals surface area contributed by atoms with Crippen LogP contribution in [-0.2, 0) is 11.2 Å². The number of aryl methyl sites for hydroxylation is 2. The van der Waals surface area contributed by atoms with Gasteiger partial charge in [-0.05, 0) is 68.1 Å². The van der Waals surface area contributed by atoms with E-state index in [1.807, 2.05) is 32.2 Å². The smallest absolute Gasteiger partial charge is 0.238 e. The number of hydrogen-bond donors (Lipinski definition) is 1. The molecule has 0 bridgehead atoms. The number of carbonyl (C=O) groups is 1. The molecule has 4 heteroatoms. The highest BCUT2D eigenvalue weighted by Gasteiger charge is 2.24. The SMILES string of the molecule is Cc1cc(Br)ccc1NC(=O)CN(C)[C@H]1CCCc2ccccc21. The molecule has 3 nitrogen and oxygen atoms in total. The fourth-order valence-corrected chi connectivity index (χ4v) is 3.96. The van der Waals surface area contributed by atoms with Crippen molar-refractivity contribution >= 4 is 27.5 Å². The topological polar surface area (TPSA) is 32.3 Å². The Balaban J connectivity index is 1.67. The Bertz CT molecular complexity index is 744. The maximum Gasteiger partial charge on any atom is 0.238 e. The van der Waals surface area contributed by atoms with Crippen LogP contribution in [0, 0.1) is 6.92 Å². The number of hydrogen-bond acceptors (Lipinski definition) is 2. The molecule has 0 aliphatic heterocycles. The monoisotopic (exact) mass is 386 g/mol. The number of likely N-dealkylation sites (N-methyl/N-ethyl adjacent to an activating group) is 1. The lowest BCUT2D eigenvalue weighted by Crippen LogP contribution is -2.35. The highest BCUT2D eigenvalue weighted by molar-refractivity contribution is 9.10. The molecule has 0 aromatic heterocycles. The summed E-state index contributed by atoms with van der Waals surface area (Å²) in [4.78, 5) is 14.6. The van der Waals surface area contributed by atoms with E-state index < -0.39 is 0 Å². The van der Waals surface area contributed by atoms with Gasteiger partial charge in [0.1, 0.15) is 0 Å². The van der Waals surface area contributed by atoms with Gasteiger partial charge in [0.05, 0.1) is 6.54 Å². The first-order valence-electron chi connectivity index (χ1n) is 8.38. The Morgan fingerprint density at radius 3 is 2.88 bits per heavy atom. The summed E-state index contributed by atoms with van der Waals surface area (Å²) in [5.74, 6) is 0.0333. The second kappa shape index (κ2) is 7.49. The Morgan fingerprint density at radius 1 is 1.29 bits per heavy atom. The van der Waals surface area contributed by atoms with E-state index in [1.54, 1.807) is 0 Å². The molecule has 2 aromatic rings. The molecule has 2 aromatic carbocycles. The first-order chi connectivity index (χ1) is 11.5. The van der Waals surface area contributed by atoms with E-state index in [2.05, 4.69) is 50.4 Å². The fraction of sp³-hybridized carbons (Fsp3) is 0.350. The van der Waals surface area contributed by atoms with Crippen molar-refractivity contribution in [1.29, 1.82) is 0 Å². The van der Waals surface area contributed by atoms with E-state index in [0.29, 0.717) is 12.6 Å². The van der Waals surface area contributed by atoms with Gasteiger partial charge in [-0.2, -0.15) is 0 Å². The normalized spacial score (nSPS) is 16.8. The molecular weight excluding hydrogens is 364 g/mol. The van der Waals surface area contributed by atoms with Crippen LogP contribution in [0.5, 0.6) is 0 Å². The van der Waals surface area contributed by atoms with Crippen molar-refractivity contribution in [2.75, 3.05) is 18.9 Å². The molecule has 1 atom stereocenters. The van der Waals surface area contributed by atoms with Crippen LogP contribution in [-0.4, -0.2) is 24.4 Å². The lowest BCUT2D eigenvalue weighted by molar-refractivity contribution is -0.117. The van der Waals surface area contributed by atoms with Crippen LogP contribution < -0.4 is 5.32 Å². The lowest BCUT2D eigenvalue weighted by atomic mass is 9.87. The molecule has 0 heterocycles. The van der Waals surface area contributed by atoms with Crippen molar-refractivity contribution in [3.63, 3.8) is 0 Å². The second-order valence-corrected chi connectivity index (χ2v) is 7.45. The molecule has 0 spiro atoms. The number of benzene rings is 2. The van der Waals surface area contributed by atoms with E-state index in [-0.39, 0.29) is 5.91 Å². The van der Waals surface area contributed by atoms with Gasteiger partial charge in [0.15, 0.2) is 0 Å². The Morgan fingerprint density at radius 2 is 2.08 bits per heavy atom. The minimum absolute atomic E-state index is 0.0333. The number of fused-ring (bicyclic) bond motifs is 1. The van der Waals surface area contributed by atoms with Crippen LogP contribution in [0.2, 0.25) is 0 Å². The Kier molecular flexibility index (Phi) is 5.36. The van der Waals surface area contributed by atoms with Crippen molar-refractivity contribution in [3.05, 3.63) is 63.6 Å². The molecule has 3 rings (SSSR count). The molecule has 24 heavy (non-hydrogen) atoms. The molecule has 126 valence electrons. The van der Waals surface area contributed by atoms with E-state index in [4.69, 9.17) is 0 Å². The van der Waals surface area contributed by atoms with Crippen LogP contribution in [0.15, 0.2) is 46.9 Å². The fourth-order valence-electron chi connectivity index (χ4n) is 3.48. The van der Waals surface area contributed by atoms with Gasteiger partial charge in [0, 0.05) is 16.2 Å². The zero-order valence-corrected chi connectivity index (χ0v) is 15.8. The maximum atomic E-state index is 12.5. The van der Waals surface area contributed by atoms with Crippen LogP contribution in [0.3, 0.4) is 0 Å². The first kappa shape index (κ1) is 17.2. The summed E-state index contributed by atoms with van der Waals surface area (Å²) in [6.45, 7) is 2.40. The Labute approximate surface area is 152 Å². The quantitative estimate of drug-likeness (QED) is 0.825. The molecule has 1 N–H and O–H groups in total. The highest BCUT2D eigenvalue weighted by Crippen LogP contribution is 2.33. The van der Waals surface area contributed by atoms with Crippen LogP contribution in [0.25, 0.3) is 0 Å². The molecule has 0 saturated heterocycles. The van der Waals surface area contributed by atoms with Gasteiger partial charge >= 0.3 is 0 Å². The minimum Gasteiger partial charge on any atom is -0.325 e. The van der Waals surface area contributed by atoms with Crippen molar-refractivity contribution < 1.29 is 4.79 Å². The predicted octanol–water partition coefficient (Wildman–Crippen LogP) is 4.71. The molecule has 1 aliphatic carbocycles. The highest BCUT2D eigenvalue weighted by atomic mass is 79.9. The van der Waals surface area contributed by atoms with Gasteiger partial charge in [-0.15, -0.1) is 0 Å². The molecule has 1 amide bonds. The van der Waals surface area contributed by atoms with Crippen molar-refractivity contribution in [1.82, 2.24) is 4.90 Å². The third-order valence-corrected chi connectivity index (χ3v) is 5.22. The van der Waals surface area contributed by atoms with Gasteiger partial charge in [-0.3, -0.25) is 9.69 Å². The second-order valence-electron chi connectivity index (χ2n) is 6.53. The van der Waals surface area contributed by atoms with Crippen LogP contribution >= 0.6 is 15.9 Å². The third kappa shape index (κ3) is 3.87. The lowest BCUT2D eigenvalue weighted by Gasteiger charge is -2.32. The third-order valence-electron chi connectivity index (χ3n) is 4.73. The van der Waals surface area contributed by atoms with Crippen LogP contribution in [0.4, 0.5) is 5.69 Å². The van der Waals surface area contributed by atoms with Crippen molar-refractivity contribution in [3.8, 4) is 0 Å². The van der Waals surface area contributed by atoms with Crippen molar-refractivity contribution in [2.45, 2.75) is 32.2 Å². The number of nitrogens with one attached hydrogen (secondary N) is 1. The van der Waals surface area contributed by atoms with E-state index in [9.17, 15) is 4.79 Å². The van der Waals surface area contributed by atoms with E-state index in [0.717, 1.165) is 28.6 Å². The summed E-state index contributed by atoms with van der Waals surface area (Å²) in [7, 11) is 2.04. The largest absolute Gasteiger partial charge is 0.325 e. The summed E-state index contributed by atoms with van der Waals surface area (Å²) in [5.41, 5.74) is 4.73. The summed E-state index contributed by atoms with van der Waals surface area (Å²) in [6.07, 6.45) is 3.43. The number of halogens is 1. The number of anilines is 1. The molecule has 1 aliphatic rings. The van der Waals surface area contributed by atoms with E-state index >= 15 is 0 Å². The predicted molar refractivity (Wildman–Crippen MR) is 102 cm³/mol. The molecule has 0 saturated carbocycles. The zero-order valence-electron chi connectivity index (χ0n) is 14.2. The number of rotatable bonds is 4. The Hall–Kier alpha value is -1.65. The van der Waals surface area contributed by atoms with Gasteiger partial charge in [-0.25, -0.2) is 0 Å². The van der Waals surface area contributed by atoms with Gasteiger partial charge in [-0.1, -0.05) is 40.2 Å². The van der Waals surface area contributed by atoms with Crippen LogP contribution in [0.1, 0.15) is 35.6 Å². The average molecular weight is 387 g/mol. The number of amides is 1. The molecular formula is C20H23BrN2O. The summed E-state index contributed by atoms with van der Waals surface area (Å²) in [6, 6.07) is 14.8. The van der Waals surface area contributed by atoms with Crippen molar-refractivity contribution in [2.24, 2.45) is 0 Å². The number of nitrogens with zero attached hydrogens (tertiary/aromatic N) is 1. The molecule has 0 radical (unpaired) electrons. The minimum atomic E-state index is 0.0333. The standard InChI is InChI=1S/C20H23BrN2O/c1-14-12-16(21)10-11-18(14)22-20(24)13-23(2)19-9-5-7-15-6-3-4-8-17(15)19/h3-4,6,8,10-12,19H,5,7,9,13H2,1-2H3,(H,22,24)/t19-/m0/s1. The maximum absolute atomic E-state index is 12.5. The average Bonchev–Trinajstić information content (AvgIpc) is 2.57. The summed E-state index contributed by atoms with van der Waals surface area (Å²) < 4.78 is 1.02. The van der Waals surface area contributed by atoms with Gasteiger partial charge in [0.25, 0.3) is 0 Å².